The maximum atomic E-state index is 12.6. The van der Waals surface area contributed by atoms with Crippen LogP contribution in [-0.2, 0) is 9.59 Å². The van der Waals surface area contributed by atoms with Crippen molar-refractivity contribution >= 4 is 17.6 Å². The van der Waals surface area contributed by atoms with Crippen molar-refractivity contribution in [3.05, 3.63) is 29.8 Å². The molecule has 1 heterocycles. The van der Waals surface area contributed by atoms with Crippen LogP contribution in [0.1, 0.15) is 36.0 Å². The summed E-state index contributed by atoms with van der Waals surface area (Å²) in [6, 6.07) is 6.43. The van der Waals surface area contributed by atoms with Gasteiger partial charge >= 0.3 is 0 Å². The van der Waals surface area contributed by atoms with Crippen molar-refractivity contribution in [3.63, 3.8) is 0 Å². The molecule has 1 aromatic rings. The number of amides is 2. The van der Waals surface area contributed by atoms with E-state index in [1.165, 1.54) is 4.90 Å². The van der Waals surface area contributed by atoms with Crippen LogP contribution in [0.25, 0.3) is 0 Å². The molecule has 1 aromatic carbocycles. The highest BCUT2D eigenvalue weighted by Gasteiger charge is 2.46. The third-order valence-electron chi connectivity index (χ3n) is 4.39. The topological polar surface area (TPSA) is 63.7 Å². The van der Waals surface area contributed by atoms with Gasteiger partial charge in [-0.2, -0.15) is 0 Å². The lowest BCUT2D eigenvalue weighted by Crippen LogP contribution is -2.50. The average molecular weight is 287 g/mol. The third-order valence-corrected chi connectivity index (χ3v) is 4.39. The summed E-state index contributed by atoms with van der Waals surface area (Å²) >= 11 is 0. The summed E-state index contributed by atoms with van der Waals surface area (Å²) in [5, 5.41) is 0. The van der Waals surface area contributed by atoms with Crippen molar-refractivity contribution in [2.75, 3.05) is 7.11 Å². The first kappa shape index (κ1) is 13.8. The molecule has 1 aliphatic heterocycles. The summed E-state index contributed by atoms with van der Waals surface area (Å²) < 4.78 is 5.06. The van der Waals surface area contributed by atoms with Gasteiger partial charge in [-0.05, 0) is 37.1 Å². The second-order valence-electron chi connectivity index (χ2n) is 5.51. The number of nitrogens with zero attached hydrogens (tertiary/aromatic N) is 1. The molecule has 2 fully saturated rings. The minimum Gasteiger partial charge on any atom is -0.497 e. The number of likely N-dealkylation sites (tertiary alicyclic amines) is 1. The molecule has 2 amide bonds. The summed E-state index contributed by atoms with van der Waals surface area (Å²) in [5.74, 6) is 0.189. The Kier molecular flexibility index (Phi) is 3.49. The van der Waals surface area contributed by atoms with Gasteiger partial charge in [0.05, 0.1) is 13.2 Å². The largest absolute Gasteiger partial charge is 0.497 e. The number of hydrogen-bond acceptors (Lipinski definition) is 4. The molecule has 21 heavy (non-hydrogen) atoms. The van der Waals surface area contributed by atoms with Crippen LogP contribution < -0.4 is 4.74 Å². The van der Waals surface area contributed by atoms with Gasteiger partial charge in [-0.25, -0.2) is 0 Å². The normalized spacial score (nSPS) is 24.9. The number of hydrogen-bond donors (Lipinski definition) is 0. The minimum atomic E-state index is -0.313. The van der Waals surface area contributed by atoms with E-state index in [1.807, 2.05) is 0 Å². The molecule has 1 saturated carbocycles. The number of carbonyl (C=O) groups is 3. The van der Waals surface area contributed by atoms with Crippen molar-refractivity contribution in [3.8, 4) is 5.75 Å². The van der Waals surface area contributed by atoms with Crippen LogP contribution in [0.5, 0.6) is 5.75 Å². The molecule has 1 saturated heterocycles. The van der Waals surface area contributed by atoms with E-state index in [-0.39, 0.29) is 36.0 Å². The number of Topliss-reactive ketones (excluding diaryl/α,β-unsaturated/α-hetero) is 1. The van der Waals surface area contributed by atoms with Crippen LogP contribution in [0.3, 0.4) is 0 Å². The minimum absolute atomic E-state index is 0.162. The maximum absolute atomic E-state index is 12.6. The van der Waals surface area contributed by atoms with E-state index >= 15 is 0 Å². The van der Waals surface area contributed by atoms with Gasteiger partial charge < -0.3 is 4.74 Å². The monoisotopic (exact) mass is 287 g/mol. The molecule has 110 valence electrons. The molecule has 2 unspecified atom stereocenters. The summed E-state index contributed by atoms with van der Waals surface area (Å²) in [6.07, 6.45) is 1.91. The molecule has 3 rings (SSSR count). The molecule has 0 aromatic heterocycles. The summed E-state index contributed by atoms with van der Waals surface area (Å²) in [4.78, 5) is 37.9. The van der Waals surface area contributed by atoms with Crippen LogP contribution in [-0.4, -0.2) is 35.6 Å². The molecule has 2 aliphatic rings. The van der Waals surface area contributed by atoms with E-state index < -0.39 is 0 Å². The van der Waals surface area contributed by atoms with E-state index in [1.54, 1.807) is 31.4 Å². The molecule has 0 spiro atoms. The van der Waals surface area contributed by atoms with Gasteiger partial charge in [0.15, 0.2) is 0 Å². The molecular weight excluding hydrogens is 270 g/mol. The number of methoxy groups -OCH3 is 1. The average Bonchev–Trinajstić information content (AvgIpc) is 2.88. The predicted molar refractivity (Wildman–Crippen MR) is 74.9 cm³/mol. The third kappa shape index (κ3) is 2.33. The standard InChI is InChI=1S/C16H17NO4/c1-21-11-4-2-10(3-5-11)16(20)17-13-7-8-14(18)12(13)6-9-15(17)19/h2-5,12-13H,6-9H2,1H3. The highest BCUT2D eigenvalue weighted by atomic mass is 16.5. The number of carbonyl (C=O) groups excluding carboxylic acids is 3. The Bertz CT molecular complexity index is 593. The molecule has 1 aliphatic carbocycles. The Labute approximate surface area is 122 Å². The highest BCUT2D eigenvalue weighted by Crippen LogP contribution is 2.35. The van der Waals surface area contributed by atoms with E-state index in [2.05, 4.69) is 0 Å². The Morgan fingerprint density at radius 3 is 2.52 bits per heavy atom. The fourth-order valence-corrected chi connectivity index (χ4v) is 3.27. The molecule has 2 atom stereocenters. The number of imide groups is 1. The first-order valence-electron chi connectivity index (χ1n) is 7.15. The molecule has 5 heteroatoms. The van der Waals surface area contributed by atoms with Gasteiger partial charge in [0.25, 0.3) is 5.91 Å². The zero-order valence-corrected chi connectivity index (χ0v) is 11.9. The Balaban J connectivity index is 1.87. The van der Waals surface area contributed by atoms with Gasteiger partial charge in [-0.3, -0.25) is 19.3 Å². The number of ether oxygens (including phenoxy) is 1. The van der Waals surface area contributed by atoms with Gasteiger partial charge in [-0.15, -0.1) is 0 Å². The molecular formula is C16H17NO4. The van der Waals surface area contributed by atoms with E-state index in [4.69, 9.17) is 4.74 Å². The first-order valence-corrected chi connectivity index (χ1v) is 7.15. The van der Waals surface area contributed by atoms with Gasteiger partial charge in [0, 0.05) is 24.3 Å². The molecule has 0 radical (unpaired) electrons. The summed E-state index contributed by atoms with van der Waals surface area (Å²) in [6.45, 7) is 0. The molecule has 0 bridgehead atoms. The fraction of sp³-hybridized carbons (Fsp3) is 0.438. The van der Waals surface area contributed by atoms with E-state index in [9.17, 15) is 14.4 Å². The number of piperidine rings is 1. The lowest BCUT2D eigenvalue weighted by Gasteiger charge is -2.35. The van der Waals surface area contributed by atoms with Crippen LogP contribution in [0.4, 0.5) is 0 Å². The second kappa shape index (κ2) is 5.31. The van der Waals surface area contributed by atoms with Gasteiger partial charge in [0.2, 0.25) is 5.91 Å². The summed E-state index contributed by atoms with van der Waals surface area (Å²) in [5.41, 5.74) is 0.448. The maximum Gasteiger partial charge on any atom is 0.260 e. The smallest absolute Gasteiger partial charge is 0.260 e. The Hall–Kier alpha value is -2.17. The van der Waals surface area contributed by atoms with Crippen molar-refractivity contribution < 1.29 is 19.1 Å². The Morgan fingerprint density at radius 1 is 1.14 bits per heavy atom. The summed E-state index contributed by atoms with van der Waals surface area (Å²) in [7, 11) is 1.56. The zero-order chi connectivity index (χ0) is 15.0. The van der Waals surface area contributed by atoms with Gasteiger partial charge in [-0.1, -0.05) is 0 Å². The number of benzene rings is 1. The van der Waals surface area contributed by atoms with E-state index in [0.717, 1.165) is 0 Å². The van der Waals surface area contributed by atoms with Crippen molar-refractivity contribution in [2.45, 2.75) is 31.7 Å². The van der Waals surface area contributed by atoms with E-state index in [0.29, 0.717) is 30.6 Å². The number of fused-ring (bicyclic) bond motifs is 1. The van der Waals surface area contributed by atoms with Crippen LogP contribution in [0, 0.1) is 5.92 Å². The van der Waals surface area contributed by atoms with Crippen molar-refractivity contribution in [1.29, 1.82) is 0 Å². The van der Waals surface area contributed by atoms with Crippen LogP contribution in [0.2, 0.25) is 0 Å². The SMILES string of the molecule is COc1ccc(C(=O)N2C(=O)CCC3C(=O)CCC32)cc1. The van der Waals surface area contributed by atoms with Crippen molar-refractivity contribution in [2.24, 2.45) is 5.92 Å². The van der Waals surface area contributed by atoms with Crippen molar-refractivity contribution in [1.82, 2.24) is 4.90 Å². The lowest BCUT2D eigenvalue weighted by molar-refractivity contribution is -0.135. The fourth-order valence-electron chi connectivity index (χ4n) is 3.27. The van der Waals surface area contributed by atoms with Gasteiger partial charge in [0.1, 0.15) is 11.5 Å². The lowest BCUT2D eigenvalue weighted by atomic mass is 9.90. The molecule has 5 nitrogen and oxygen atoms in total. The second-order valence-corrected chi connectivity index (χ2v) is 5.51. The number of rotatable bonds is 2. The predicted octanol–water partition coefficient (Wildman–Crippen LogP) is 1.81. The Morgan fingerprint density at radius 2 is 1.86 bits per heavy atom. The highest BCUT2D eigenvalue weighted by molar-refractivity contribution is 6.06. The quantitative estimate of drug-likeness (QED) is 0.778. The van der Waals surface area contributed by atoms with Crippen LogP contribution >= 0.6 is 0 Å². The number of ketones is 1. The molecule has 0 N–H and O–H groups in total. The zero-order valence-electron chi connectivity index (χ0n) is 11.9. The van der Waals surface area contributed by atoms with Crippen LogP contribution in [0.15, 0.2) is 24.3 Å². The first-order chi connectivity index (χ1) is 10.1.